The van der Waals surface area contributed by atoms with Crippen molar-refractivity contribution in [1.82, 2.24) is 4.98 Å². The van der Waals surface area contributed by atoms with Crippen molar-refractivity contribution in [2.75, 3.05) is 30.5 Å². The second kappa shape index (κ2) is 6.17. The molecule has 0 aliphatic rings. The van der Waals surface area contributed by atoms with Gasteiger partial charge in [0.05, 0.1) is 6.61 Å². The SMILES string of the molecule is CCOCCNc1ccnc(NN)c1. The van der Waals surface area contributed by atoms with Gasteiger partial charge in [-0.15, -0.1) is 0 Å². The molecule has 0 fully saturated rings. The number of hydrazine groups is 1. The number of ether oxygens (including phenoxy) is 1. The summed E-state index contributed by atoms with van der Waals surface area (Å²) in [5, 5.41) is 3.19. The zero-order valence-corrected chi connectivity index (χ0v) is 8.29. The Morgan fingerprint density at radius 2 is 2.43 bits per heavy atom. The fourth-order valence-corrected chi connectivity index (χ4v) is 1.03. The molecule has 0 aromatic carbocycles. The van der Waals surface area contributed by atoms with Gasteiger partial charge in [0, 0.05) is 31.1 Å². The Morgan fingerprint density at radius 3 is 3.14 bits per heavy atom. The van der Waals surface area contributed by atoms with E-state index in [1.165, 1.54) is 0 Å². The first-order valence-corrected chi connectivity index (χ1v) is 4.61. The minimum Gasteiger partial charge on any atom is -0.383 e. The molecule has 5 heteroatoms. The largest absolute Gasteiger partial charge is 0.383 e. The predicted octanol–water partition coefficient (Wildman–Crippen LogP) is 0.816. The van der Waals surface area contributed by atoms with Crippen molar-refractivity contribution in [2.24, 2.45) is 5.84 Å². The van der Waals surface area contributed by atoms with E-state index in [0.29, 0.717) is 12.4 Å². The molecule has 1 rings (SSSR count). The van der Waals surface area contributed by atoms with Crippen molar-refractivity contribution in [3.8, 4) is 0 Å². The summed E-state index contributed by atoms with van der Waals surface area (Å²) >= 11 is 0. The molecule has 1 aromatic heterocycles. The number of nitrogens with two attached hydrogens (primary N) is 1. The molecule has 0 radical (unpaired) electrons. The maximum Gasteiger partial charge on any atom is 0.141 e. The van der Waals surface area contributed by atoms with Gasteiger partial charge in [-0.1, -0.05) is 0 Å². The second-order valence-electron chi connectivity index (χ2n) is 2.70. The summed E-state index contributed by atoms with van der Waals surface area (Å²) in [4.78, 5) is 3.99. The fourth-order valence-electron chi connectivity index (χ4n) is 1.03. The first kappa shape index (κ1) is 10.7. The van der Waals surface area contributed by atoms with Gasteiger partial charge in [0.15, 0.2) is 0 Å². The van der Waals surface area contributed by atoms with Crippen LogP contribution in [-0.2, 0) is 4.74 Å². The number of nitrogen functional groups attached to an aromatic ring is 1. The molecule has 1 heterocycles. The highest BCUT2D eigenvalue weighted by atomic mass is 16.5. The van der Waals surface area contributed by atoms with E-state index in [0.717, 1.165) is 18.8 Å². The molecule has 1 aromatic rings. The molecule has 0 aliphatic heterocycles. The zero-order valence-electron chi connectivity index (χ0n) is 8.29. The topological polar surface area (TPSA) is 72.2 Å². The molecule has 14 heavy (non-hydrogen) atoms. The summed E-state index contributed by atoms with van der Waals surface area (Å²) in [5.74, 6) is 5.87. The normalized spacial score (nSPS) is 9.86. The Bertz CT molecular complexity index is 267. The number of hydrogen-bond donors (Lipinski definition) is 3. The third-order valence-electron chi connectivity index (χ3n) is 1.69. The molecule has 4 N–H and O–H groups in total. The third-order valence-corrected chi connectivity index (χ3v) is 1.69. The highest BCUT2D eigenvalue weighted by Gasteiger charge is 1.94. The van der Waals surface area contributed by atoms with E-state index in [1.54, 1.807) is 6.20 Å². The van der Waals surface area contributed by atoms with E-state index >= 15 is 0 Å². The summed E-state index contributed by atoms with van der Waals surface area (Å²) in [6.45, 7) is 4.20. The van der Waals surface area contributed by atoms with Crippen LogP contribution in [0.15, 0.2) is 18.3 Å². The molecule has 5 nitrogen and oxygen atoms in total. The molecular formula is C9H16N4O. The Hall–Kier alpha value is -1.33. The van der Waals surface area contributed by atoms with Gasteiger partial charge in [0.2, 0.25) is 0 Å². The average molecular weight is 196 g/mol. The third kappa shape index (κ3) is 3.59. The van der Waals surface area contributed by atoms with Crippen molar-refractivity contribution >= 4 is 11.5 Å². The lowest BCUT2D eigenvalue weighted by molar-refractivity contribution is 0.158. The maximum atomic E-state index is 5.23. The van der Waals surface area contributed by atoms with E-state index in [-0.39, 0.29) is 0 Å². The van der Waals surface area contributed by atoms with Crippen molar-refractivity contribution < 1.29 is 4.74 Å². The van der Waals surface area contributed by atoms with Crippen LogP contribution in [0.4, 0.5) is 11.5 Å². The van der Waals surface area contributed by atoms with Gasteiger partial charge in [-0.3, -0.25) is 0 Å². The summed E-state index contributed by atoms with van der Waals surface area (Å²) in [6, 6.07) is 3.72. The monoisotopic (exact) mass is 196 g/mol. The number of hydrogen-bond acceptors (Lipinski definition) is 5. The number of nitrogens with one attached hydrogen (secondary N) is 2. The van der Waals surface area contributed by atoms with Crippen LogP contribution >= 0.6 is 0 Å². The summed E-state index contributed by atoms with van der Waals surface area (Å²) in [7, 11) is 0. The van der Waals surface area contributed by atoms with Crippen LogP contribution in [0.5, 0.6) is 0 Å². The lowest BCUT2D eigenvalue weighted by Gasteiger charge is -2.07. The number of nitrogens with zero attached hydrogens (tertiary/aromatic N) is 1. The van der Waals surface area contributed by atoms with Crippen LogP contribution in [-0.4, -0.2) is 24.7 Å². The second-order valence-corrected chi connectivity index (χ2v) is 2.70. The van der Waals surface area contributed by atoms with Crippen molar-refractivity contribution in [2.45, 2.75) is 6.92 Å². The molecule has 0 bridgehead atoms. The standard InChI is InChI=1S/C9H16N4O/c1-2-14-6-5-11-8-3-4-12-9(7-8)13-10/h3-4,7H,2,5-6,10H2,1H3,(H2,11,12,13). The van der Waals surface area contributed by atoms with Gasteiger partial charge in [-0.25, -0.2) is 10.8 Å². The van der Waals surface area contributed by atoms with E-state index in [2.05, 4.69) is 15.7 Å². The Balaban J connectivity index is 2.34. The first-order valence-electron chi connectivity index (χ1n) is 4.61. The smallest absolute Gasteiger partial charge is 0.141 e. The molecule has 0 saturated heterocycles. The molecule has 0 aliphatic carbocycles. The van der Waals surface area contributed by atoms with Crippen LogP contribution < -0.4 is 16.6 Å². The molecule has 0 atom stereocenters. The maximum absolute atomic E-state index is 5.23. The van der Waals surface area contributed by atoms with Crippen LogP contribution in [0.3, 0.4) is 0 Å². The Kier molecular flexibility index (Phi) is 4.74. The zero-order chi connectivity index (χ0) is 10.2. The van der Waals surface area contributed by atoms with Gasteiger partial charge in [0.25, 0.3) is 0 Å². The van der Waals surface area contributed by atoms with E-state index < -0.39 is 0 Å². The van der Waals surface area contributed by atoms with Gasteiger partial charge in [-0.2, -0.15) is 0 Å². The Labute approximate surface area is 83.6 Å². The van der Waals surface area contributed by atoms with E-state index in [9.17, 15) is 0 Å². The lowest BCUT2D eigenvalue weighted by atomic mass is 10.4. The number of aromatic nitrogens is 1. The minimum absolute atomic E-state index is 0.645. The quantitative estimate of drug-likeness (QED) is 0.357. The van der Waals surface area contributed by atoms with Gasteiger partial charge in [0.1, 0.15) is 5.82 Å². The van der Waals surface area contributed by atoms with Gasteiger partial charge in [-0.05, 0) is 13.0 Å². The van der Waals surface area contributed by atoms with E-state index in [1.807, 2.05) is 19.1 Å². The number of rotatable bonds is 6. The van der Waals surface area contributed by atoms with Crippen LogP contribution in [0, 0.1) is 0 Å². The van der Waals surface area contributed by atoms with Crippen molar-refractivity contribution in [3.05, 3.63) is 18.3 Å². The predicted molar refractivity (Wildman–Crippen MR) is 57.0 cm³/mol. The van der Waals surface area contributed by atoms with Crippen LogP contribution in [0.1, 0.15) is 6.92 Å². The van der Waals surface area contributed by atoms with Crippen LogP contribution in [0.2, 0.25) is 0 Å². The summed E-state index contributed by atoms with van der Waals surface area (Å²) < 4.78 is 5.19. The number of anilines is 2. The van der Waals surface area contributed by atoms with Crippen LogP contribution in [0.25, 0.3) is 0 Å². The van der Waals surface area contributed by atoms with Crippen molar-refractivity contribution in [1.29, 1.82) is 0 Å². The van der Waals surface area contributed by atoms with Gasteiger partial charge >= 0.3 is 0 Å². The molecule has 78 valence electrons. The van der Waals surface area contributed by atoms with Crippen molar-refractivity contribution in [3.63, 3.8) is 0 Å². The lowest BCUT2D eigenvalue weighted by Crippen LogP contribution is -2.11. The molecular weight excluding hydrogens is 180 g/mol. The number of pyridine rings is 1. The highest BCUT2D eigenvalue weighted by Crippen LogP contribution is 2.09. The van der Waals surface area contributed by atoms with E-state index in [4.69, 9.17) is 10.6 Å². The van der Waals surface area contributed by atoms with Gasteiger partial charge < -0.3 is 15.5 Å². The molecule has 0 saturated carbocycles. The average Bonchev–Trinajstić information content (AvgIpc) is 2.25. The Morgan fingerprint density at radius 1 is 1.57 bits per heavy atom. The summed E-state index contributed by atoms with van der Waals surface area (Å²) in [6.07, 6.45) is 1.69. The first-order chi connectivity index (χ1) is 6.86. The molecule has 0 amide bonds. The highest BCUT2D eigenvalue weighted by molar-refractivity contribution is 5.51. The fraction of sp³-hybridized carbons (Fsp3) is 0.444. The molecule has 0 unspecified atom stereocenters. The molecule has 0 spiro atoms. The minimum atomic E-state index is 0.645. The summed E-state index contributed by atoms with van der Waals surface area (Å²) in [5.41, 5.74) is 3.47.